The van der Waals surface area contributed by atoms with E-state index in [0.717, 1.165) is 5.56 Å². The molecule has 1 aliphatic heterocycles. The largest absolute Gasteiger partial charge is 0.468 e. The van der Waals surface area contributed by atoms with Crippen molar-refractivity contribution >= 4 is 40.6 Å². The molecule has 1 aromatic heterocycles. The van der Waals surface area contributed by atoms with E-state index in [1.54, 1.807) is 13.0 Å². The number of methoxy groups -OCH3 is 1. The number of benzene rings is 1. The Balaban J connectivity index is 1.97. The molecular weight excluding hydrogens is 348 g/mol. The fraction of sp³-hybridized carbons (Fsp3) is 0.235. The first-order valence-corrected chi connectivity index (χ1v) is 8.07. The van der Waals surface area contributed by atoms with Gasteiger partial charge in [-0.25, -0.2) is 4.99 Å². The van der Waals surface area contributed by atoms with E-state index in [9.17, 15) is 4.79 Å². The van der Waals surface area contributed by atoms with Gasteiger partial charge in [0.2, 0.25) is 0 Å². The summed E-state index contributed by atoms with van der Waals surface area (Å²) in [4.78, 5) is 16.3. The number of aliphatic imine (C=N–C) groups is 1. The molecule has 0 amide bonds. The van der Waals surface area contributed by atoms with Crippen LogP contribution in [0.2, 0.25) is 5.02 Å². The van der Waals surface area contributed by atoms with Crippen LogP contribution in [0, 0.1) is 5.92 Å². The average Bonchev–Trinajstić information content (AvgIpc) is 3.03. The van der Waals surface area contributed by atoms with Gasteiger partial charge in [-0.1, -0.05) is 23.7 Å². The molecule has 1 aromatic carbocycles. The number of nitrogens with one attached hydrogen (secondary N) is 1. The summed E-state index contributed by atoms with van der Waals surface area (Å²) in [5.74, 6) is 0.248. The van der Waals surface area contributed by atoms with E-state index < -0.39 is 17.9 Å². The van der Waals surface area contributed by atoms with Crippen LogP contribution in [0.1, 0.15) is 18.7 Å². The SMILES string of the molecule is COC(=O)C1C(C)=NC(=S)NC1c1ccc(-c2cccc(Cl)c2)o1. The number of halogens is 1. The summed E-state index contributed by atoms with van der Waals surface area (Å²) in [6, 6.07) is 10.5. The second kappa shape index (κ2) is 6.75. The zero-order chi connectivity index (χ0) is 17.3. The Morgan fingerprint density at radius 3 is 2.88 bits per heavy atom. The number of furan rings is 1. The van der Waals surface area contributed by atoms with E-state index in [2.05, 4.69) is 10.3 Å². The lowest BCUT2D eigenvalue weighted by molar-refractivity contribution is -0.144. The molecular formula is C17H15ClN2O3S. The number of carbonyl (C=O) groups is 1. The van der Waals surface area contributed by atoms with Gasteiger partial charge in [-0.15, -0.1) is 0 Å². The number of carbonyl (C=O) groups excluding carboxylic acids is 1. The number of nitrogens with zero attached hydrogens (tertiary/aromatic N) is 1. The minimum atomic E-state index is -0.597. The molecule has 5 nitrogen and oxygen atoms in total. The summed E-state index contributed by atoms with van der Waals surface area (Å²) in [6.45, 7) is 1.75. The van der Waals surface area contributed by atoms with Crippen LogP contribution >= 0.6 is 23.8 Å². The lowest BCUT2D eigenvalue weighted by Crippen LogP contribution is -2.43. The quantitative estimate of drug-likeness (QED) is 0.665. The molecule has 24 heavy (non-hydrogen) atoms. The predicted octanol–water partition coefficient (Wildman–Crippen LogP) is 3.78. The molecule has 2 heterocycles. The summed E-state index contributed by atoms with van der Waals surface area (Å²) < 4.78 is 10.8. The Morgan fingerprint density at radius 2 is 2.17 bits per heavy atom. The molecule has 0 radical (unpaired) electrons. The number of hydrogen-bond acceptors (Lipinski definition) is 4. The minimum Gasteiger partial charge on any atom is -0.468 e. The molecule has 3 rings (SSSR count). The van der Waals surface area contributed by atoms with Gasteiger partial charge in [0, 0.05) is 16.3 Å². The Kier molecular flexibility index (Phi) is 4.69. The molecule has 0 aliphatic carbocycles. The molecule has 124 valence electrons. The van der Waals surface area contributed by atoms with E-state index in [1.165, 1.54) is 7.11 Å². The molecule has 2 unspecified atom stereocenters. The first-order chi connectivity index (χ1) is 11.5. The van der Waals surface area contributed by atoms with Gasteiger partial charge in [0.25, 0.3) is 0 Å². The normalized spacial score (nSPS) is 20.3. The number of ether oxygens (including phenoxy) is 1. The van der Waals surface area contributed by atoms with Crippen LogP contribution in [0.25, 0.3) is 11.3 Å². The number of esters is 1. The number of thiocarbonyl (C=S) groups is 1. The Labute approximate surface area is 149 Å². The number of hydrogen-bond donors (Lipinski definition) is 1. The summed E-state index contributed by atoms with van der Waals surface area (Å²) in [5, 5.41) is 3.97. The van der Waals surface area contributed by atoms with E-state index in [0.29, 0.717) is 27.4 Å². The summed E-state index contributed by atoms with van der Waals surface area (Å²) >= 11 is 11.2. The summed E-state index contributed by atoms with van der Waals surface area (Å²) in [6.07, 6.45) is 0. The van der Waals surface area contributed by atoms with Gasteiger partial charge in [-0.2, -0.15) is 0 Å². The van der Waals surface area contributed by atoms with Crippen molar-refractivity contribution in [3.05, 3.63) is 47.2 Å². The van der Waals surface area contributed by atoms with Crippen LogP contribution < -0.4 is 5.32 Å². The van der Waals surface area contributed by atoms with Gasteiger partial charge < -0.3 is 14.5 Å². The van der Waals surface area contributed by atoms with Crippen LogP contribution in [0.5, 0.6) is 0 Å². The van der Waals surface area contributed by atoms with Crippen LogP contribution in [0.15, 0.2) is 45.8 Å². The maximum atomic E-state index is 12.1. The van der Waals surface area contributed by atoms with E-state index in [1.807, 2.05) is 30.3 Å². The fourth-order valence-electron chi connectivity index (χ4n) is 2.71. The molecule has 7 heteroatoms. The van der Waals surface area contributed by atoms with Gasteiger partial charge in [0.1, 0.15) is 23.5 Å². The highest BCUT2D eigenvalue weighted by Crippen LogP contribution is 2.32. The van der Waals surface area contributed by atoms with Crippen molar-refractivity contribution in [2.24, 2.45) is 10.9 Å². The molecule has 1 N–H and O–H groups in total. The molecule has 0 spiro atoms. The fourth-order valence-corrected chi connectivity index (χ4v) is 3.17. The minimum absolute atomic E-state index is 0.318. The van der Waals surface area contributed by atoms with Crippen LogP contribution in [-0.2, 0) is 9.53 Å². The lowest BCUT2D eigenvalue weighted by Gasteiger charge is -2.28. The van der Waals surface area contributed by atoms with Crippen molar-refractivity contribution in [2.75, 3.05) is 7.11 Å². The van der Waals surface area contributed by atoms with Crippen LogP contribution in [-0.4, -0.2) is 23.9 Å². The third-order valence-corrected chi connectivity index (χ3v) is 4.28. The summed E-state index contributed by atoms with van der Waals surface area (Å²) in [5.41, 5.74) is 1.45. The van der Waals surface area contributed by atoms with Crippen molar-refractivity contribution in [3.8, 4) is 11.3 Å². The molecule has 0 saturated carbocycles. The maximum Gasteiger partial charge on any atom is 0.316 e. The second-order valence-corrected chi connectivity index (χ2v) is 6.22. The molecule has 2 atom stereocenters. The van der Waals surface area contributed by atoms with Gasteiger partial charge >= 0.3 is 5.97 Å². The van der Waals surface area contributed by atoms with E-state index >= 15 is 0 Å². The average molecular weight is 363 g/mol. The predicted molar refractivity (Wildman–Crippen MR) is 96.2 cm³/mol. The first-order valence-electron chi connectivity index (χ1n) is 7.29. The topological polar surface area (TPSA) is 63.8 Å². The summed E-state index contributed by atoms with van der Waals surface area (Å²) in [7, 11) is 1.35. The number of rotatable bonds is 3. The van der Waals surface area contributed by atoms with E-state index in [-0.39, 0.29) is 0 Å². The zero-order valence-electron chi connectivity index (χ0n) is 13.1. The van der Waals surface area contributed by atoms with E-state index in [4.69, 9.17) is 33.0 Å². The van der Waals surface area contributed by atoms with Crippen LogP contribution in [0.4, 0.5) is 0 Å². The highest BCUT2D eigenvalue weighted by atomic mass is 35.5. The highest BCUT2D eigenvalue weighted by Gasteiger charge is 2.38. The smallest absolute Gasteiger partial charge is 0.316 e. The van der Waals surface area contributed by atoms with Gasteiger partial charge in [0.05, 0.1) is 7.11 Å². The standard InChI is InChI=1S/C17H15ClN2O3S/c1-9-14(16(21)22-2)15(20-17(24)19-9)13-7-6-12(23-13)10-4-3-5-11(18)8-10/h3-8,14-15H,1-2H3,(H,20,24). The van der Waals surface area contributed by atoms with Crippen molar-refractivity contribution < 1.29 is 13.9 Å². The van der Waals surface area contributed by atoms with Crippen molar-refractivity contribution in [2.45, 2.75) is 13.0 Å². The van der Waals surface area contributed by atoms with Gasteiger partial charge in [0.15, 0.2) is 5.11 Å². The zero-order valence-corrected chi connectivity index (χ0v) is 14.6. The Hall–Kier alpha value is -2.18. The Morgan fingerprint density at radius 1 is 1.38 bits per heavy atom. The molecule has 2 aromatic rings. The van der Waals surface area contributed by atoms with Crippen molar-refractivity contribution in [1.29, 1.82) is 0 Å². The van der Waals surface area contributed by atoms with Gasteiger partial charge in [-0.05, 0) is 43.4 Å². The van der Waals surface area contributed by atoms with Crippen molar-refractivity contribution in [1.82, 2.24) is 5.32 Å². The monoisotopic (exact) mass is 362 g/mol. The van der Waals surface area contributed by atoms with Crippen molar-refractivity contribution in [3.63, 3.8) is 0 Å². The van der Waals surface area contributed by atoms with Crippen LogP contribution in [0.3, 0.4) is 0 Å². The highest BCUT2D eigenvalue weighted by molar-refractivity contribution is 7.80. The maximum absolute atomic E-state index is 12.1. The molecule has 0 bridgehead atoms. The molecule has 0 saturated heterocycles. The molecule has 0 fully saturated rings. The first kappa shape index (κ1) is 16.7. The van der Waals surface area contributed by atoms with Gasteiger partial charge in [-0.3, -0.25) is 4.79 Å². The second-order valence-electron chi connectivity index (χ2n) is 5.39. The third kappa shape index (κ3) is 3.20. The third-order valence-electron chi connectivity index (χ3n) is 3.84. The molecule has 1 aliphatic rings. The lowest BCUT2D eigenvalue weighted by atomic mass is 9.92. The Bertz CT molecular complexity index is 831.